The van der Waals surface area contributed by atoms with Crippen molar-refractivity contribution in [2.75, 3.05) is 13.1 Å². The topological polar surface area (TPSA) is 68.5 Å². The van der Waals surface area contributed by atoms with Crippen LogP contribution in [0.15, 0.2) is 42.7 Å². The summed E-state index contributed by atoms with van der Waals surface area (Å²) in [4.78, 5) is 18.4. The largest absolute Gasteiger partial charge is 0.456 e. The highest BCUT2D eigenvalue weighted by molar-refractivity contribution is 6.32. The van der Waals surface area contributed by atoms with Gasteiger partial charge in [0.2, 0.25) is 0 Å². The summed E-state index contributed by atoms with van der Waals surface area (Å²) in [6, 6.07) is 8.69. The number of halogens is 3. The summed E-state index contributed by atoms with van der Waals surface area (Å²) in [5, 5.41) is 0.399. The van der Waals surface area contributed by atoms with Crippen LogP contribution in [0, 0.1) is 0 Å². The molecule has 0 saturated carbocycles. The van der Waals surface area contributed by atoms with E-state index in [1.807, 2.05) is 4.90 Å². The van der Waals surface area contributed by atoms with E-state index in [-0.39, 0.29) is 36.8 Å². The van der Waals surface area contributed by atoms with Gasteiger partial charge in [-0.05, 0) is 43.2 Å². The molecule has 5 nitrogen and oxygen atoms in total. The van der Waals surface area contributed by atoms with Gasteiger partial charge in [0, 0.05) is 37.1 Å². The third-order valence-corrected chi connectivity index (χ3v) is 4.26. The molecule has 3 rings (SSSR count). The predicted molar refractivity (Wildman–Crippen MR) is 103 cm³/mol. The van der Waals surface area contributed by atoms with E-state index in [1.54, 1.807) is 42.7 Å². The van der Waals surface area contributed by atoms with Crippen molar-refractivity contribution in [1.29, 1.82) is 0 Å². The number of nitrogens with zero attached hydrogens (tertiary/aromatic N) is 2. The third kappa shape index (κ3) is 4.98. The Morgan fingerprint density at radius 1 is 1.28 bits per heavy atom. The molecule has 0 spiro atoms. The maximum Gasteiger partial charge on any atom is 0.254 e. The lowest BCUT2D eigenvalue weighted by molar-refractivity contribution is 0.0741. The van der Waals surface area contributed by atoms with E-state index < -0.39 is 0 Å². The fourth-order valence-electron chi connectivity index (χ4n) is 2.76. The van der Waals surface area contributed by atoms with Gasteiger partial charge in [-0.25, -0.2) is 0 Å². The van der Waals surface area contributed by atoms with Crippen molar-refractivity contribution < 1.29 is 9.53 Å². The molecule has 2 aromatic rings. The van der Waals surface area contributed by atoms with Gasteiger partial charge < -0.3 is 15.4 Å². The minimum atomic E-state index is -0.0321. The smallest absolute Gasteiger partial charge is 0.254 e. The number of pyridine rings is 1. The molecule has 1 aliphatic rings. The molecule has 2 N–H and O–H groups in total. The molecule has 1 aromatic carbocycles. The second kappa shape index (κ2) is 9.82. The zero-order valence-electron chi connectivity index (χ0n) is 13.4. The normalized spacial score (nSPS) is 15.9. The van der Waals surface area contributed by atoms with Crippen LogP contribution in [0.2, 0.25) is 5.02 Å². The zero-order chi connectivity index (χ0) is 16.2. The maximum atomic E-state index is 12.6. The third-order valence-electron chi connectivity index (χ3n) is 3.97. The second-order valence-corrected chi connectivity index (χ2v) is 5.87. The van der Waals surface area contributed by atoms with Crippen molar-refractivity contribution in [3.05, 3.63) is 53.3 Å². The van der Waals surface area contributed by atoms with Crippen LogP contribution < -0.4 is 10.5 Å². The molecule has 8 heteroatoms. The molecule has 0 radical (unpaired) electrons. The van der Waals surface area contributed by atoms with Gasteiger partial charge in [0.25, 0.3) is 5.91 Å². The van der Waals surface area contributed by atoms with Gasteiger partial charge in [-0.3, -0.25) is 9.78 Å². The van der Waals surface area contributed by atoms with E-state index in [0.717, 1.165) is 19.4 Å². The monoisotopic (exact) mass is 403 g/mol. The van der Waals surface area contributed by atoms with Gasteiger partial charge >= 0.3 is 0 Å². The summed E-state index contributed by atoms with van der Waals surface area (Å²) >= 11 is 6.26. The molecule has 1 fully saturated rings. The quantitative estimate of drug-likeness (QED) is 0.838. The number of benzene rings is 1. The molecular weight excluding hydrogens is 385 g/mol. The highest BCUT2D eigenvalue weighted by Gasteiger charge is 2.28. The van der Waals surface area contributed by atoms with Crippen LogP contribution in [-0.2, 0) is 0 Å². The molecule has 1 saturated heterocycles. The Morgan fingerprint density at radius 3 is 2.64 bits per heavy atom. The molecule has 1 unspecified atom stereocenters. The lowest BCUT2D eigenvalue weighted by Gasteiger charge is -2.23. The van der Waals surface area contributed by atoms with Crippen molar-refractivity contribution in [3.63, 3.8) is 0 Å². The molecule has 1 atom stereocenters. The first-order valence-corrected chi connectivity index (χ1v) is 7.95. The van der Waals surface area contributed by atoms with Gasteiger partial charge in [-0.1, -0.05) is 11.6 Å². The summed E-state index contributed by atoms with van der Waals surface area (Å²) in [5.41, 5.74) is 6.29. The first-order chi connectivity index (χ1) is 11.2. The van der Waals surface area contributed by atoms with Crippen molar-refractivity contribution in [3.8, 4) is 11.5 Å². The van der Waals surface area contributed by atoms with Crippen LogP contribution in [0.1, 0.15) is 23.2 Å². The van der Waals surface area contributed by atoms with E-state index in [2.05, 4.69) is 4.98 Å². The zero-order valence-corrected chi connectivity index (χ0v) is 15.8. The summed E-state index contributed by atoms with van der Waals surface area (Å²) in [7, 11) is 0. The first-order valence-electron chi connectivity index (χ1n) is 7.57. The number of aromatic nitrogens is 1. The van der Waals surface area contributed by atoms with Gasteiger partial charge in [-0.15, -0.1) is 24.8 Å². The highest BCUT2D eigenvalue weighted by Crippen LogP contribution is 2.31. The summed E-state index contributed by atoms with van der Waals surface area (Å²) in [6.45, 7) is 1.23. The first kappa shape index (κ1) is 21.5. The summed E-state index contributed by atoms with van der Waals surface area (Å²) in [5.74, 6) is 1.12. The average Bonchev–Trinajstić information content (AvgIpc) is 3.05. The Labute approximate surface area is 164 Å². The molecule has 1 aromatic heterocycles. The fourth-order valence-corrected chi connectivity index (χ4v) is 2.98. The van der Waals surface area contributed by atoms with Gasteiger partial charge in [0.1, 0.15) is 11.5 Å². The number of carbonyl (C=O) groups is 1. The fraction of sp³-hybridized carbons (Fsp3) is 0.294. The lowest BCUT2D eigenvalue weighted by Crippen LogP contribution is -2.39. The Bertz CT molecular complexity index is 701. The summed E-state index contributed by atoms with van der Waals surface area (Å²) < 4.78 is 5.69. The Kier molecular flexibility index (Phi) is 8.45. The number of likely N-dealkylation sites (tertiary alicyclic amines) is 1. The van der Waals surface area contributed by atoms with Crippen LogP contribution in [0.4, 0.5) is 0 Å². The molecule has 0 bridgehead atoms. The van der Waals surface area contributed by atoms with E-state index in [0.29, 0.717) is 28.6 Å². The van der Waals surface area contributed by atoms with E-state index in [9.17, 15) is 4.79 Å². The number of hydrogen-bond donors (Lipinski definition) is 1. The van der Waals surface area contributed by atoms with Crippen LogP contribution >= 0.6 is 36.4 Å². The van der Waals surface area contributed by atoms with E-state index in [4.69, 9.17) is 22.1 Å². The molecular formula is C17H20Cl3N3O2. The highest BCUT2D eigenvalue weighted by atomic mass is 35.5. The number of ether oxygens (including phenoxy) is 1. The predicted octanol–water partition coefficient (Wildman–Crippen LogP) is 3.93. The van der Waals surface area contributed by atoms with Gasteiger partial charge in [0.05, 0.1) is 5.02 Å². The number of nitrogens with two attached hydrogens (primary N) is 1. The molecule has 0 aliphatic carbocycles. The molecule has 2 heterocycles. The van der Waals surface area contributed by atoms with Crippen LogP contribution in [0.3, 0.4) is 0 Å². The minimum absolute atomic E-state index is 0. The van der Waals surface area contributed by atoms with Crippen molar-refractivity contribution >= 4 is 42.3 Å². The number of rotatable bonds is 4. The van der Waals surface area contributed by atoms with Gasteiger partial charge in [0.15, 0.2) is 0 Å². The van der Waals surface area contributed by atoms with Crippen molar-refractivity contribution in [1.82, 2.24) is 9.88 Å². The average molecular weight is 405 g/mol. The van der Waals surface area contributed by atoms with Crippen LogP contribution in [0.5, 0.6) is 11.5 Å². The van der Waals surface area contributed by atoms with E-state index in [1.165, 1.54) is 0 Å². The van der Waals surface area contributed by atoms with Crippen LogP contribution in [-0.4, -0.2) is 34.9 Å². The standard InChI is InChI=1S/C17H18ClN3O2.2ClH/c18-15-10-12(17(22)21-9-1-2-13(21)11-19)3-4-16(15)23-14-5-7-20-8-6-14;;/h3-8,10,13H,1-2,9,11,19H2;2*1H. The molecule has 25 heavy (non-hydrogen) atoms. The Morgan fingerprint density at radius 2 is 2.00 bits per heavy atom. The van der Waals surface area contributed by atoms with Crippen molar-refractivity contribution in [2.24, 2.45) is 5.73 Å². The molecule has 136 valence electrons. The van der Waals surface area contributed by atoms with Gasteiger partial charge in [-0.2, -0.15) is 0 Å². The lowest BCUT2D eigenvalue weighted by atomic mass is 10.1. The van der Waals surface area contributed by atoms with Crippen molar-refractivity contribution in [2.45, 2.75) is 18.9 Å². The SMILES string of the molecule is Cl.Cl.NCC1CCCN1C(=O)c1ccc(Oc2ccncc2)c(Cl)c1. The number of hydrogen-bond acceptors (Lipinski definition) is 4. The number of carbonyl (C=O) groups excluding carboxylic acids is 1. The van der Waals surface area contributed by atoms with E-state index >= 15 is 0 Å². The van der Waals surface area contributed by atoms with Crippen LogP contribution in [0.25, 0.3) is 0 Å². The summed E-state index contributed by atoms with van der Waals surface area (Å²) in [6.07, 6.45) is 5.23. The molecule has 1 amide bonds. The number of amides is 1. The molecule has 1 aliphatic heterocycles. The maximum absolute atomic E-state index is 12.6. The Balaban J connectivity index is 0.00000156. The minimum Gasteiger partial charge on any atom is -0.456 e. The second-order valence-electron chi connectivity index (χ2n) is 5.46. The Hall–Kier alpha value is -1.53.